The zero-order chi connectivity index (χ0) is 28.2. The van der Waals surface area contributed by atoms with Gasteiger partial charge in [0, 0.05) is 17.4 Å². The molecule has 0 saturated carbocycles. The molecule has 1 aliphatic heterocycles. The van der Waals surface area contributed by atoms with Crippen LogP contribution in [0.3, 0.4) is 0 Å². The van der Waals surface area contributed by atoms with Crippen LogP contribution in [0.4, 0.5) is 0 Å². The molecule has 0 amide bonds. The molecule has 4 atom stereocenters. The van der Waals surface area contributed by atoms with Gasteiger partial charge in [0.2, 0.25) is 0 Å². The van der Waals surface area contributed by atoms with Gasteiger partial charge in [0.05, 0.1) is 12.7 Å². The Morgan fingerprint density at radius 1 is 1.03 bits per heavy atom. The Bertz CT molecular complexity index is 812. The predicted octanol–water partition coefficient (Wildman–Crippen LogP) is 7.89. The van der Waals surface area contributed by atoms with Gasteiger partial charge in [-0.05, 0) is 56.5 Å². The summed E-state index contributed by atoms with van der Waals surface area (Å²) in [5, 5.41) is 18.5. The second-order valence-corrected chi connectivity index (χ2v) is 19.0. The topological polar surface area (TPSA) is 76.0 Å². The number of ether oxygens (including phenoxy) is 1. The Morgan fingerprint density at radius 3 is 2.08 bits per heavy atom. The van der Waals surface area contributed by atoms with Gasteiger partial charge in [-0.2, -0.15) is 0 Å². The number of unbranched alkanes of at least 4 members (excludes halogenated alkanes) is 7. The summed E-state index contributed by atoms with van der Waals surface area (Å²) in [5.41, 5.74) is 0. The molecule has 1 aromatic carbocycles. The Balaban J connectivity index is 1.96. The maximum Gasteiger partial charge on any atom is 0.323 e. The maximum absolute atomic E-state index is 13.3. The fourth-order valence-electron chi connectivity index (χ4n) is 4.95. The van der Waals surface area contributed by atoms with Crippen molar-refractivity contribution in [3.63, 3.8) is 0 Å². The van der Waals surface area contributed by atoms with E-state index in [4.69, 9.17) is 14.3 Å². The first kappa shape index (κ1) is 33.3. The summed E-state index contributed by atoms with van der Waals surface area (Å²) >= 11 is 1.66. The minimum atomic E-state index is -2.00. The van der Waals surface area contributed by atoms with Crippen LogP contribution in [0, 0.1) is 0 Å². The molecule has 0 aliphatic carbocycles. The van der Waals surface area contributed by atoms with Gasteiger partial charge in [-0.25, -0.2) is 0 Å². The van der Waals surface area contributed by atoms with Gasteiger partial charge in [0.15, 0.2) is 8.32 Å². The molecular formula is C31H54O5SSi. The van der Waals surface area contributed by atoms with E-state index in [1.807, 2.05) is 25.1 Å². The molecule has 2 N–H and O–H groups in total. The number of hydrogen-bond acceptors (Lipinski definition) is 6. The maximum atomic E-state index is 13.3. The van der Waals surface area contributed by atoms with Crippen molar-refractivity contribution in [3.8, 4) is 0 Å². The van der Waals surface area contributed by atoms with Gasteiger partial charge < -0.3 is 19.4 Å². The third-order valence-electron chi connectivity index (χ3n) is 8.20. The van der Waals surface area contributed by atoms with Gasteiger partial charge >= 0.3 is 5.97 Å². The summed E-state index contributed by atoms with van der Waals surface area (Å²) in [7, 11) is -2.00. The van der Waals surface area contributed by atoms with E-state index in [0.29, 0.717) is 12.8 Å². The first-order chi connectivity index (χ1) is 17.9. The largest absolute Gasteiger partial charge is 0.462 e. The minimum absolute atomic E-state index is 0.0444. The summed E-state index contributed by atoms with van der Waals surface area (Å²) in [6, 6.07) is 10.2. The number of rotatable bonds is 18. The van der Waals surface area contributed by atoms with Gasteiger partial charge in [0.1, 0.15) is 10.9 Å². The Kier molecular flexibility index (Phi) is 13.9. The lowest BCUT2D eigenvalue weighted by atomic mass is 9.94. The Hall–Kier alpha value is -0.863. The van der Waals surface area contributed by atoms with Crippen molar-refractivity contribution < 1.29 is 24.2 Å². The highest BCUT2D eigenvalue weighted by Gasteiger charge is 2.51. The van der Waals surface area contributed by atoms with Gasteiger partial charge in [-0.15, -0.1) is 11.8 Å². The zero-order valence-corrected chi connectivity index (χ0v) is 26.7. The average molecular weight is 567 g/mol. The number of hydrogen-bond donors (Lipinski definition) is 2. The van der Waals surface area contributed by atoms with Crippen molar-refractivity contribution >= 4 is 26.0 Å². The molecule has 1 saturated heterocycles. The van der Waals surface area contributed by atoms with Crippen LogP contribution in [-0.2, 0) is 14.0 Å². The van der Waals surface area contributed by atoms with Gasteiger partial charge in [-0.3, -0.25) is 4.79 Å². The number of aliphatic hydroxyl groups is 2. The molecule has 0 aromatic heterocycles. The first-order valence-electron chi connectivity index (χ1n) is 14.8. The molecule has 218 valence electrons. The molecule has 2 rings (SSSR count). The average Bonchev–Trinajstić information content (AvgIpc) is 3.11. The van der Waals surface area contributed by atoms with Crippen molar-refractivity contribution in [1.29, 1.82) is 0 Å². The summed E-state index contributed by atoms with van der Waals surface area (Å²) in [6.45, 7) is 13.3. The molecular weight excluding hydrogens is 512 g/mol. The lowest BCUT2D eigenvalue weighted by Crippen LogP contribution is -2.46. The molecule has 7 heteroatoms. The molecule has 38 heavy (non-hydrogen) atoms. The lowest BCUT2D eigenvalue weighted by Gasteiger charge is -2.41. The van der Waals surface area contributed by atoms with E-state index in [9.17, 15) is 9.90 Å². The highest BCUT2D eigenvalue weighted by atomic mass is 32.2. The van der Waals surface area contributed by atoms with Crippen molar-refractivity contribution in [2.45, 2.75) is 151 Å². The number of aliphatic hydroxyl groups excluding tert-OH is 2. The Morgan fingerprint density at radius 2 is 1.58 bits per heavy atom. The van der Waals surface area contributed by atoms with E-state index < -0.39 is 19.2 Å². The number of cyclic esters (lactones) is 1. The molecule has 0 bridgehead atoms. The van der Waals surface area contributed by atoms with Crippen LogP contribution >= 0.6 is 11.8 Å². The lowest BCUT2D eigenvalue weighted by molar-refractivity contribution is -0.143. The SMILES string of the molecule is C[C@H]1CC(C[C@@H](CCCCCCCCCC[C@@H](O)CO)O[Si](C)(C)C(C)(C)C)(Sc2ccccc2)C(=O)O1. The van der Waals surface area contributed by atoms with Crippen molar-refractivity contribution in [3.05, 3.63) is 30.3 Å². The van der Waals surface area contributed by atoms with Crippen LogP contribution in [0.25, 0.3) is 0 Å². The normalized spacial score (nSPS) is 21.9. The zero-order valence-electron chi connectivity index (χ0n) is 24.8. The summed E-state index contributed by atoms with van der Waals surface area (Å²) in [4.78, 5) is 14.4. The quantitative estimate of drug-likeness (QED) is 0.107. The molecule has 1 aliphatic rings. The number of thioether (sulfide) groups is 1. The van der Waals surface area contributed by atoms with Crippen LogP contribution in [-0.4, -0.2) is 54.2 Å². The highest BCUT2D eigenvalue weighted by Crippen LogP contribution is 2.47. The summed E-state index contributed by atoms with van der Waals surface area (Å²) in [6.07, 6.45) is 11.8. The van der Waals surface area contributed by atoms with Crippen LogP contribution in [0.15, 0.2) is 35.2 Å². The van der Waals surface area contributed by atoms with E-state index >= 15 is 0 Å². The van der Waals surface area contributed by atoms with E-state index in [2.05, 4.69) is 46.0 Å². The van der Waals surface area contributed by atoms with Crippen molar-refractivity contribution in [1.82, 2.24) is 0 Å². The van der Waals surface area contributed by atoms with Gasteiger partial charge in [0.25, 0.3) is 0 Å². The number of carbonyl (C=O) groups is 1. The number of esters is 1. The molecule has 1 unspecified atom stereocenters. The highest BCUT2D eigenvalue weighted by molar-refractivity contribution is 8.01. The molecule has 1 fully saturated rings. The third kappa shape index (κ3) is 11.0. The third-order valence-corrected chi connectivity index (χ3v) is 14.1. The number of carbonyl (C=O) groups excluding carboxylic acids is 1. The van der Waals surface area contributed by atoms with E-state index in [0.717, 1.165) is 37.0 Å². The van der Waals surface area contributed by atoms with Crippen LogP contribution in [0.1, 0.15) is 105 Å². The van der Waals surface area contributed by atoms with Gasteiger partial charge in [-0.1, -0.05) is 90.3 Å². The van der Waals surface area contributed by atoms with Crippen LogP contribution in [0.5, 0.6) is 0 Å². The molecule has 5 nitrogen and oxygen atoms in total. The van der Waals surface area contributed by atoms with E-state index in [1.165, 1.54) is 32.1 Å². The second kappa shape index (κ2) is 15.8. The smallest absolute Gasteiger partial charge is 0.323 e. The summed E-state index contributed by atoms with van der Waals surface area (Å²) < 4.78 is 12.1. The minimum Gasteiger partial charge on any atom is -0.462 e. The van der Waals surface area contributed by atoms with Crippen molar-refractivity contribution in [2.24, 2.45) is 0 Å². The summed E-state index contributed by atoms with van der Waals surface area (Å²) in [5.74, 6) is -0.0887. The molecule has 1 heterocycles. The molecule has 0 radical (unpaired) electrons. The fourth-order valence-corrected chi connectivity index (χ4v) is 7.80. The van der Waals surface area contributed by atoms with E-state index in [1.54, 1.807) is 11.8 Å². The van der Waals surface area contributed by atoms with Crippen molar-refractivity contribution in [2.75, 3.05) is 6.61 Å². The number of benzene rings is 1. The standard InChI is InChI=1S/C31H54O5SSi/c1-25-22-31(29(34)35-25,37-28-20-16-13-17-21-28)23-27(36-38(5,6)30(2,3)4)19-15-12-10-8-7-9-11-14-18-26(33)24-32/h13,16-17,20-21,25-27,32-33H,7-12,14-15,18-19,22-24H2,1-6H3/t25-,26+,27+,31?/m0/s1. The predicted molar refractivity (Wildman–Crippen MR) is 161 cm³/mol. The molecule has 1 aromatic rings. The Labute approximate surface area is 237 Å². The van der Waals surface area contributed by atoms with E-state index in [-0.39, 0.29) is 29.8 Å². The second-order valence-electron chi connectivity index (χ2n) is 12.8. The van der Waals surface area contributed by atoms with Crippen LogP contribution in [0.2, 0.25) is 18.1 Å². The first-order valence-corrected chi connectivity index (χ1v) is 18.5. The van der Waals surface area contributed by atoms with Crippen LogP contribution < -0.4 is 0 Å². The monoisotopic (exact) mass is 566 g/mol. The molecule has 0 spiro atoms. The fraction of sp³-hybridized carbons (Fsp3) is 0.774.